The fourth-order valence-corrected chi connectivity index (χ4v) is 4.87. The van der Waals surface area contributed by atoms with Crippen LogP contribution in [0.15, 0.2) is 35.5 Å². The van der Waals surface area contributed by atoms with Gasteiger partial charge in [0.25, 0.3) is 6.43 Å². The van der Waals surface area contributed by atoms with Crippen molar-refractivity contribution in [3.8, 4) is 5.75 Å². The molecule has 0 spiro atoms. The van der Waals surface area contributed by atoms with E-state index in [0.717, 1.165) is 6.20 Å². The van der Waals surface area contributed by atoms with Gasteiger partial charge in [0, 0.05) is 11.8 Å². The maximum absolute atomic E-state index is 14.1. The maximum Gasteiger partial charge on any atom is 0.530 e. The van der Waals surface area contributed by atoms with Crippen LogP contribution in [-0.4, -0.2) is 63.9 Å². The lowest BCUT2D eigenvalue weighted by Gasteiger charge is -2.34. The topological polar surface area (TPSA) is 132 Å². The van der Waals surface area contributed by atoms with E-state index < -0.39 is 63.0 Å². The van der Waals surface area contributed by atoms with E-state index >= 15 is 0 Å². The van der Waals surface area contributed by atoms with Gasteiger partial charge in [-0.25, -0.2) is 13.3 Å². The number of amides is 1. The van der Waals surface area contributed by atoms with Gasteiger partial charge < -0.3 is 19.5 Å². The van der Waals surface area contributed by atoms with Crippen LogP contribution in [0.4, 0.5) is 8.78 Å². The minimum absolute atomic E-state index is 0.169. The lowest BCUT2D eigenvalue weighted by molar-refractivity contribution is -0.201. The molecule has 4 rings (SSSR count). The monoisotopic (exact) mass is 495 g/mol. The Morgan fingerprint density at radius 2 is 2.03 bits per heavy atom. The largest absolute Gasteiger partial charge is 0.530 e. The summed E-state index contributed by atoms with van der Waals surface area (Å²) in [4.78, 5) is 24.4. The molecule has 174 valence electrons. The molecule has 0 aromatic heterocycles. The van der Waals surface area contributed by atoms with Gasteiger partial charge in [0.05, 0.1) is 19.6 Å². The molecule has 1 saturated heterocycles. The Hall–Kier alpha value is -1.92. The number of nitrogens with zero attached hydrogens (tertiary/aromatic N) is 1. The van der Waals surface area contributed by atoms with Crippen LogP contribution in [0.3, 0.4) is 0 Å². The number of carbonyl (C=O) groups is 2. The fraction of sp³-hybridized carbons (Fsp3) is 0.444. The minimum atomic E-state index is -4.37. The number of hydrogen-bond acceptors (Lipinski definition) is 9. The van der Waals surface area contributed by atoms with Crippen LogP contribution in [0.1, 0.15) is 12.0 Å². The predicted octanol–water partition coefficient (Wildman–Crippen LogP) is 1.68. The third kappa shape index (κ3) is 3.96. The van der Waals surface area contributed by atoms with Crippen LogP contribution >= 0.6 is 19.4 Å². The number of Topliss-reactive ketones (excluding diaryl/α,β-unsaturated/α-hetero) is 1. The molecule has 1 aromatic rings. The molecule has 3 aliphatic heterocycles. The molecular weight excluding hydrogens is 479 g/mol. The number of benzene rings is 1. The van der Waals surface area contributed by atoms with Crippen LogP contribution in [0, 0.1) is 0 Å². The minimum Gasteiger partial charge on any atom is -0.404 e. The summed E-state index contributed by atoms with van der Waals surface area (Å²) >= 11 is 5.72. The fourth-order valence-electron chi connectivity index (χ4n) is 3.44. The summed E-state index contributed by atoms with van der Waals surface area (Å²) in [5.74, 6) is -1.42. The Morgan fingerprint density at radius 3 is 2.75 bits per heavy atom. The number of phosphoric ester groups is 1. The number of carbonyl (C=O) groups excluding carboxylic acids is 2. The number of ether oxygens (including phenoxy) is 1. The molecule has 0 saturated carbocycles. The Bertz CT molecular complexity index is 1020. The molecule has 32 heavy (non-hydrogen) atoms. The standard InChI is InChI=1S/C18H17ClF2NO9P/c19-10-6-22(13(24)5-11(10)23)16-14(25)15(26)18(30-16,17(20)21)8-29-32(27)28-7-9-3-1-2-4-12(9)31-32/h1-4,6,14-17,25-26H,5,7-8H2/t14-,15-,16-,18-,32?/m1/s1. The summed E-state index contributed by atoms with van der Waals surface area (Å²) in [6.45, 7) is -1.39. The Kier molecular flexibility index (Phi) is 6.14. The van der Waals surface area contributed by atoms with E-state index in [0.29, 0.717) is 10.5 Å². The van der Waals surface area contributed by atoms with E-state index in [2.05, 4.69) is 0 Å². The number of ketones is 1. The first-order valence-corrected chi connectivity index (χ1v) is 11.1. The van der Waals surface area contributed by atoms with Gasteiger partial charge in [0.1, 0.15) is 23.0 Å². The number of para-hydroxylation sites is 1. The van der Waals surface area contributed by atoms with Gasteiger partial charge in [-0.1, -0.05) is 29.8 Å². The number of fused-ring (bicyclic) bond motifs is 1. The molecule has 1 unspecified atom stereocenters. The number of rotatable bonds is 5. The van der Waals surface area contributed by atoms with Gasteiger partial charge in [0.2, 0.25) is 5.91 Å². The molecule has 14 heteroatoms. The highest BCUT2D eigenvalue weighted by atomic mass is 35.5. The van der Waals surface area contributed by atoms with Crippen molar-refractivity contribution in [2.45, 2.75) is 43.5 Å². The first-order valence-electron chi connectivity index (χ1n) is 9.27. The van der Waals surface area contributed by atoms with E-state index in [1.54, 1.807) is 18.2 Å². The summed E-state index contributed by atoms with van der Waals surface area (Å²) < 4.78 is 61.4. The molecule has 1 fully saturated rings. The van der Waals surface area contributed by atoms with E-state index in [-0.39, 0.29) is 17.4 Å². The number of halogens is 3. The van der Waals surface area contributed by atoms with Gasteiger partial charge >= 0.3 is 7.82 Å². The van der Waals surface area contributed by atoms with E-state index in [9.17, 15) is 33.1 Å². The Labute approximate surface area is 184 Å². The van der Waals surface area contributed by atoms with Gasteiger partial charge in [-0.3, -0.25) is 23.5 Å². The smallest absolute Gasteiger partial charge is 0.404 e. The molecule has 0 aliphatic carbocycles. The molecule has 0 radical (unpaired) electrons. The number of aliphatic hydroxyl groups excluding tert-OH is 2. The molecule has 5 atom stereocenters. The molecule has 1 amide bonds. The summed E-state index contributed by atoms with van der Waals surface area (Å²) in [6, 6.07) is 6.41. The van der Waals surface area contributed by atoms with Crippen molar-refractivity contribution in [3.63, 3.8) is 0 Å². The van der Waals surface area contributed by atoms with Crippen LogP contribution in [0.2, 0.25) is 0 Å². The zero-order valence-electron chi connectivity index (χ0n) is 16.1. The average Bonchev–Trinajstić information content (AvgIpc) is 3.01. The van der Waals surface area contributed by atoms with Gasteiger partial charge in [-0.05, 0) is 6.07 Å². The first-order chi connectivity index (χ1) is 15.1. The van der Waals surface area contributed by atoms with Crippen molar-refractivity contribution in [3.05, 3.63) is 41.1 Å². The second-order valence-electron chi connectivity index (χ2n) is 7.27. The lowest BCUT2D eigenvalue weighted by atomic mass is 9.96. The van der Waals surface area contributed by atoms with Crippen LogP contribution in [-0.2, 0) is 34.5 Å². The summed E-state index contributed by atoms with van der Waals surface area (Å²) in [5, 5.41) is 20.4. The van der Waals surface area contributed by atoms with Crippen molar-refractivity contribution in [2.75, 3.05) is 6.61 Å². The SMILES string of the molecule is O=C1CC(=O)N([C@@H]2O[C@@](COP3(=O)OCc4ccccc4O3)(C(F)F)[C@H](O)[C@H]2O)C=C1Cl. The van der Waals surface area contributed by atoms with Crippen molar-refractivity contribution in [2.24, 2.45) is 0 Å². The highest BCUT2D eigenvalue weighted by Gasteiger charge is 2.63. The number of hydrogen-bond donors (Lipinski definition) is 2. The Balaban J connectivity index is 1.55. The zero-order valence-corrected chi connectivity index (χ0v) is 17.7. The van der Waals surface area contributed by atoms with Gasteiger partial charge in [0.15, 0.2) is 17.6 Å². The van der Waals surface area contributed by atoms with Crippen LogP contribution in [0.25, 0.3) is 0 Å². The number of allylic oxidation sites excluding steroid dienone is 1. The quantitative estimate of drug-likeness (QED) is 0.462. The normalized spacial score (nSPS) is 35.0. The van der Waals surface area contributed by atoms with E-state index in [4.69, 9.17) is 29.9 Å². The van der Waals surface area contributed by atoms with Gasteiger partial charge in [-0.2, -0.15) is 0 Å². The lowest BCUT2D eigenvalue weighted by Crippen LogP contribution is -2.52. The second kappa shape index (κ2) is 8.45. The highest BCUT2D eigenvalue weighted by Crippen LogP contribution is 2.55. The average molecular weight is 496 g/mol. The first kappa shape index (κ1) is 23.2. The highest BCUT2D eigenvalue weighted by molar-refractivity contribution is 7.49. The zero-order chi connectivity index (χ0) is 23.3. The molecule has 0 bridgehead atoms. The Morgan fingerprint density at radius 1 is 1.31 bits per heavy atom. The third-order valence-corrected chi connectivity index (χ3v) is 6.85. The van der Waals surface area contributed by atoms with E-state index in [1.165, 1.54) is 6.07 Å². The molecule has 10 nitrogen and oxygen atoms in total. The van der Waals surface area contributed by atoms with Crippen molar-refractivity contribution in [1.82, 2.24) is 4.90 Å². The molecule has 3 aliphatic rings. The van der Waals surface area contributed by atoms with Crippen molar-refractivity contribution < 1.29 is 51.5 Å². The summed E-state index contributed by atoms with van der Waals surface area (Å²) in [5.41, 5.74) is -2.34. The third-order valence-electron chi connectivity index (χ3n) is 5.23. The van der Waals surface area contributed by atoms with Crippen molar-refractivity contribution >= 4 is 31.1 Å². The molecule has 2 N–H and O–H groups in total. The van der Waals surface area contributed by atoms with E-state index in [1.807, 2.05) is 0 Å². The van der Waals surface area contributed by atoms with Crippen LogP contribution < -0.4 is 4.52 Å². The summed E-state index contributed by atoms with van der Waals surface area (Å²) in [7, 11) is -4.37. The number of phosphoric acid groups is 1. The van der Waals surface area contributed by atoms with Gasteiger partial charge in [-0.15, -0.1) is 0 Å². The maximum atomic E-state index is 14.1. The van der Waals surface area contributed by atoms with Crippen LogP contribution in [0.5, 0.6) is 5.75 Å². The number of aliphatic hydroxyl groups is 2. The molecular formula is C18H17ClF2NO9P. The second-order valence-corrected chi connectivity index (χ2v) is 9.27. The number of alkyl halides is 2. The molecule has 3 heterocycles. The summed E-state index contributed by atoms with van der Waals surface area (Å²) in [6.07, 6.45) is -9.42. The molecule has 1 aromatic carbocycles. The predicted molar refractivity (Wildman–Crippen MR) is 101 cm³/mol. The van der Waals surface area contributed by atoms with Crippen molar-refractivity contribution in [1.29, 1.82) is 0 Å².